The molecule has 84 valence electrons. The summed E-state index contributed by atoms with van der Waals surface area (Å²) in [6, 6.07) is 10.3. The fourth-order valence-electron chi connectivity index (χ4n) is 1.59. The Bertz CT molecular complexity index is 423. The second-order valence-corrected chi connectivity index (χ2v) is 4.68. The summed E-state index contributed by atoms with van der Waals surface area (Å²) in [5, 5.41) is 3.35. The topological polar surface area (TPSA) is 38.9 Å². The largest absolute Gasteiger partial charge is 0.330 e. The number of rotatable bonds is 5. The van der Waals surface area contributed by atoms with Crippen molar-refractivity contribution < 1.29 is 0 Å². The predicted octanol–water partition coefficient (Wildman–Crippen LogP) is 3.09. The molecule has 0 aliphatic rings. The van der Waals surface area contributed by atoms with Gasteiger partial charge in [0.05, 0.1) is 10.7 Å². The average Bonchev–Trinajstić information content (AvgIpc) is 2.79. The van der Waals surface area contributed by atoms with E-state index in [9.17, 15) is 0 Å². The fourth-order valence-corrected chi connectivity index (χ4v) is 2.44. The minimum absolute atomic E-state index is 0.775. The zero-order chi connectivity index (χ0) is 11.2. The smallest absolute Gasteiger partial charge is 0.0932 e. The van der Waals surface area contributed by atoms with Gasteiger partial charge in [0, 0.05) is 10.9 Å². The minimum atomic E-state index is 0.775. The second-order valence-electron chi connectivity index (χ2n) is 3.74. The van der Waals surface area contributed by atoms with Crippen LogP contribution in [0.5, 0.6) is 0 Å². The Balaban J connectivity index is 2.02. The average molecular weight is 232 g/mol. The van der Waals surface area contributed by atoms with Gasteiger partial charge >= 0.3 is 0 Å². The standard InChI is InChI=1S/C13H16N2S/c14-9-5-4-8-13-15-12(10-16-13)11-6-2-1-3-7-11/h1-3,6-7,10H,4-5,8-9,14H2. The van der Waals surface area contributed by atoms with E-state index in [1.807, 2.05) is 18.2 Å². The van der Waals surface area contributed by atoms with Crippen molar-refractivity contribution in [1.29, 1.82) is 0 Å². The van der Waals surface area contributed by atoms with Gasteiger partial charge in [-0.15, -0.1) is 11.3 Å². The molecule has 0 bridgehead atoms. The van der Waals surface area contributed by atoms with E-state index in [1.165, 1.54) is 10.6 Å². The molecule has 0 radical (unpaired) electrons. The number of benzene rings is 1. The van der Waals surface area contributed by atoms with Crippen molar-refractivity contribution in [2.24, 2.45) is 5.73 Å². The molecule has 0 amide bonds. The zero-order valence-electron chi connectivity index (χ0n) is 9.23. The van der Waals surface area contributed by atoms with E-state index in [1.54, 1.807) is 11.3 Å². The van der Waals surface area contributed by atoms with Crippen molar-refractivity contribution in [1.82, 2.24) is 4.98 Å². The highest BCUT2D eigenvalue weighted by Gasteiger charge is 2.03. The summed E-state index contributed by atoms with van der Waals surface area (Å²) in [5.41, 5.74) is 7.76. The van der Waals surface area contributed by atoms with Gasteiger partial charge in [-0.25, -0.2) is 4.98 Å². The molecule has 0 unspecified atom stereocenters. The SMILES string of the molecule is NCCCCc1nc(-c2ccccc2)cs1. The minimum Gasteiger partial charge on any atom is -0.330 e. The summed E-state index contributed by atoms with van der Waals surface area (Å²) >= 11 is 1.74. The van der Waals surface area contributed by atoms with Crippen molar-refractivity contribution in [3.05, 3.63) is 40.7 Å². The van der Waals surface area contributed by atoms with E-state index in [0.29, 0.717) is 0 Å². The van der Waals surface area contributed by atoms with Gasteiger partial charge < -0.3 is 5.73 Å². The van der Waals surface area contributed by atoms with Crippen LogP contribution in [0.25, 0.3) is 11.3 Å². The highest BCUT2D eigenvalue weighted by Crippen LogP contribution is 2.22. The normalized spacial score (nSPS) is 10.6. The lowest BCUT2D eigenvalue weighted by Gasteiger charge is -1.95. The molecule has 16 heavy (non-hydrogen) atoms. The first-order valence-corrected chi connectivity index (χ1v) is 6.48. The Labute approximate surface area is 100 Å². The zero-order valence-corrected chi connectivity index (χ0v) is 10.0. The van der Waals surface area contributed by atoms with E-state index in [0.717, 1.165) is 31.5 Å². The third kappa shape index (κ3) is 2.90. The molecule has 1 aromatic carbocycles. The summed E-state index contributed by atoms with van der Waals surface area (Å²) < 4.78 is 0. The Kier molecular flexibility index (Phi) is 4.08. The fraction of sp³-hybridized carbons (Fsp3) is 0.308. The van der Waals surface area contributed by atoms with E-state index in [4.69, 9.17) is 5.73 Å². The highest BCUT2D eigenvalue weighted by molar-refractivity contribution is 7.09. The first kappa shape index (κ1) is 11.3. The summed E-state index contributed by atoms with van der Waals surface area (Å²) in [6.45, 7) is 0.775. The second kappa shape index (κ2) is 5.77. The molecule has 0 aliphatic carbocycles. The van der Waals surface area contributed by atoms with Crippen LogP contribution in [0.1, 0.15) is 17.8 Å². The van der Waals surface area contributed by atoms with Crippen LogP contribution < -0.4 is 5.73 Å². The Morgan fingerprint density at radius 3 is 2.69 bits per heavy atom. The molecule has 2 N–H and O–H groups in total. The quantitative estimate of drug-likeness (QED) is 0.805. The van der Waals surface area contributed by atoms with Crippen LogP contribution in [0, 0.1) is 0 Å². The van der Waals surface area contributed by atoms with Crippen molar-refractivity contribution in [2.75, 3.05) is 6.54 Å². The maximum absolute atomic E-state index is 5.47. The first-order valence-electron chi connectivity index (χ1n) is 5.60. The van der Waals surface area contributed by atoms with E-state index >= 15 is 0 Å². The molecular weight excluding hydrogens is 216 g/mol. The number of hydrogen-bond acceptors (Lipinski definition) is 3. The maximum atomic E-state index is 5.47. The number of hydrogen-bond donors (Lipinski definition) is 1. The number of nitrogens with two attached hydrogens (primary N) is 1. The molecule has 0 saturated heterocycles. The molecule has 2 nitrogen and oxygen atoms in total. The number of aromatic nitrogens is 1. The van der Waals surface area contributed by atoms with Gasteiger partial charge in [-0.3, -0.25) is 0 Å². The molecular formula is C13H16N2S. The monoisotopic (exact) mass is 232 g/mol. The lowest BCUT2D eigenvalue weighted by Crippen LogP contribution is -1.98. The molecule has 0 aliphatic heterocycles. The molecule has 0 spiro atoms. The number of unbranched alkanes of at least 4 members (excludes halogenated alkanes) is 1. The van der Waals surface area contributed by atoms with Crippen molar-refractivity contribution >= 4 is 11.3 Å². The number of aryl methyl sites for hydroxylation is 1. The van der Waals surface area contributed by atoms with Crippen LogP contribution in [0.4, 0.5) is 0 Å². The summed E-state index contributed by atoms with van der Waals surface area (Å²) in [6.07, 6.45) is 3.27. The highest BCUT2D eigenvalue weighted by atomic mass is 32.1. The molecule has 0 atom stereocenters. The van der Waals surface area contributed by atoms with E-state index < -0.39 is 0 Å². The number of thiazole rings is 1. The molecule has 2 aromatic rings. The molecule has 1 heterocycles. The Hall–Kier alpha value is -1.19. The lowest BCUT2D eigenvalue weighted by atomic mass is 10.2. The Morgan fingerprint density at radius 1 is 1.12 bits per heavy atom. The van der Waals surface area contributed by atoms with Gasteiger partial charge in [-0.2, -0.15) is 0 Å². The van der Waals surface area contributed by atoms with Gasteiger partial charge in [0.25, 0.3) is 0 Å². The van der Waals surface area contributed by atoms with Crippen molar-refractivity contribution in [3.63, 3.8) is 0 Å². The van der Waals surface area contributed by atoms with E-state index in [-0.39, 0.29) is 0 Å². The summed E-state index contributed by atoms with van der Waals surface area (Å²) in [7, 11) is 0. The van der Waals surface area contributed by atoms with Crippen LogP contribution in [-0.4, -0.2) is 11.5 Å². The van der Waals surface area contributed by atoms with Crippen molar-refractivity contribution in [3.8, 4) is 11.3 Å². The maximum Gasteiger partial charge on any atom is 0.0932 e. The van der Waals surface area contributed by atoms with Crippen molar-refractivity contribution in [2.45, 2.75) is 19.3 Å². The van der Waals surface area contributed by atoms with Gasteiger partial charge in [-0.05, 0) is 25.8 Å². The first-order chi connectivity index (χ1) is 7.90. The van der Waals surface area contributed by atoms with Gasteiger partial charge in [-0.1, -0.05) is 30.3 Å². The van der Waals surface area contributed by atoms with Gasteiger partial charge in [0.15, 0.2) is 0 Å². The third-order valence-corrected chi connectivity index (χ3v) is 3.37. The predicted molar refractivity (Wildman–Crippen MR) is 69.5 cm³/mol. The van der Waals surface area contributed by atoms with Gasteiger partial charge in [0.2, 0.25) is 0 Å². The van der Waals surface area contributed by atoms with Crippen LogP contribution in [0.3, 0.4) is 0 Å². The lowest BCUT2D eigenvalue weighted by molar-refractivity contribution is 0.742. The molecule has 3 heteroatoms. The number of nitrogens with zero attached hydrogens (tertiary/aromatic N) is 1. The summed E-state index contributed by atoms with van der Waals surface area (Å²) in [5.74, 6) is 0. The Morgan fingerprint density at radius 2 is 1.94 bits per heavy atom. The van der Waals surface area contributed by atoms with E-state index in [2.05, 4.69) is 22.5 Å². The summed E-state index contributed by atoms with van der Waals surface area (Å²) in [4.78, 5) is 4.63. The molecule has 0 saturated carbocycles. The van der Waals surface area contributed by atoms with Crippen LogP contribution >= 0.6 is 11.3 Å². The van der Waals surface area contributed by atoms with Crippen LogP contribution in [0.2, 0.25) is 0 Å². The van der Waals surface area contributed by atoms with Crippen LogP contribution in [0.15, 0.2) is 35.7 Å². The third-order valence-electron chi connectivity index (χ3n) is 2.47. The van der Waals surface area contributed by atoms with Gasteiger partial charge in [0.1, 0.15) is 0 Å². The molecule has 0 fully saturated rings. The molecule has 2 rings (SSSR count). The molecule has 1 aromatic heterocycles. The van der Waals surface area contributed by atoms with Crippen LogP contribution in [-0.2, 0) is 6.42 Å².